The van der Waals surface area contributed by atoms with E-state index in [2.05, 4.69) is 27.3 Å². The molecule has 1 amide bonds. The number of esters is 1. The molecule has 0 aliphatic carbocycles. The number of hydrogen-bond donors (Lipinski definition) is 1. The van der Waals surface area contributed by atoms with E-state index in [0.717, 1.165) is 14.8 Å². The van der Waals surface area contributed by atoms with Crippen molar-refractivity contribution in [2.75, 3.05) is 25.2 Å². The van der Waals surface area contributed by atoms with Crippen LogP contribution < -0.4 is 4.90 Å². The van der Waals surface area contributed by atoms with E-state index in [1.165, 1.54) is 7.11 Å². The molecule has 0 unspecified atom stereocenters. The summed E-state index contributed by atoms with van der Waals surface area (Å²) in [4.78, 5) is 27.0. The van der Waals surface area contributed by atoms with E-state index in [1.54, 1.807) is 18.0 Å². The summed E-state index contributed by atoms with van der Waals surface area (Å²) in [6.07, 6.45) is 1.37. The summed E-state index contributed by atoms with van der Waals surface area (Å²) in [7, 11) is -1.81. The normalized spacial score (nSPS) is 27.8. The van der Waals surface area contributed by atoms with Gasteiger partial charge in [0, 0.05) is 40.2 Å². The lowest BCUT2D eigenvalue weighted by atomic mass is 9.82. The molecule has 1 fully saturated rings. The molecule has 1 aromatic carbocycles. The number of unbranched alkanes of at least 4 members (excludes halogenated alkanes) is 1. The van der Waals surface area contributed by atoms with Crippen molar-refractivity contribution >= 4 is 48.6 Å². The Bertz CT molecular complexity index is 848. The predicted molar refractivity (Wildman–Crippen MR) is 127 cm³/mol. The van der Waals surface area contributed by atoms with Crippen molar-refractivity contribution in [2.45, 2.75) is 62.9 Å². The van der Waals surface area contributed by atoms with Gasteiger partial charge < -0.3 is 23.6 Å². The number of methoxy groups -OCH3 is 1. The summed E-state index contributed by atoms with van der Waals surface area (Å²) >= 11 is 2.21. The second-order valence-corrected chi connectivity index (χ2v) is 14.0. The summed E-state index contributed by atoms with van der Waals surface area (Å²) in [5, 5.41) is 9.57. The van der Waals surface area contributed by atoms with Crippen molar-refractivity contribution in [2.24, 2.45) is 5.92 Å². The molecule has 1 saturated heterocycles. The van der Waals surface area contributed by atoms with Gasteiger partial charge in [0.15, 0.2) is 5.60 Å². The zero-order chi connectivity index (χ0) is 23.0. The fraction of sp³-hybridized carbons (Fsp3) is 0.636. The van der Waals surface area contributed by atoms with Gasteiger partial charge >= 0.3 is 5.97 Å². The molecule has 2 aliphatic heterocycles. The van der Waals surface area contributed by atoms with Gasteiger partial charge in [-0.05, 0) is 73.1 Å². The largest absolute Gasteiger partial charge is 0.469 e. The number of hydrogen-bond acceptors (Lipinski definition) is 5. The van der Waals surface area contributed by atoms with E-state index in [9.17, 15) is 14.7 Å². The maximum Gasteiger partial charge on any atom is 0.305 e. The zero-order valence-corrected chi connectivity index (χ0v) is 21.6. The minimum absolute atomic E-state index is 0.112. The van der Waals surface area contributed by atoms with E-state index >= 15 is 4.11 Å². The number of carbonyl (C=O) groups is 2. The molecule has 0 aromatic heterocycles. The first-order chi connectivity index (χ1) is 14.6. The molecule has 31 heavy (non-hydrogen) atoms. The first kappa shape index (κ1) is 24.6. The first-order valence-corrected chi connectivity index (χ1v) is 14.8. The molecule has 1 N–H and O–H groups in total. The third kappa shape index (κ3) is 4.43. The van der Waals surface area contributed by atoms with E-state index in [1.807, 2.05) is 25.1 Å². The van der Waals surface area contributed by atoms with Crippen LogP contribution in [0.1, 0.15) is 38.2 Å². The fourth-order valence-electron chi connectivity index (χ4n) is 5.28. The van der Waals surface area contributed by atoms with Crippen LogP contribution in [0.4, 0.5) is 9.80 Å². The van der Waals surface area contributed by atoms with Crippen LogP contribution in [0.15, 0.2) is 18.2 Å². The van der Waals surface area contributed by atoms with Gasteiger partial charge in [-0.2, -0.15) is 0 Å². The van der Waals surface area contributed by atoms with Crippen molar-refractivity contribution in [3.63, 3.8) is 0 Å². The van der Waals surface area contributed by atoms with Gasteiger partial charge in [-0.25, -0.2) is 0 Å². The van der Waals surface area contributed by atoms with E-state index in [4.69, 9.17) is 4.74 Å². The minimum Gasteiger partial charge on any atom is -0.469 e. The molecule has 2 heterocycles. The van der Waals surface area contributed by atoms with Crippen LogP contribution >= 0.6 is 22.6 Å². The van der Waals surface area contributed by atoms with Crippen LogP contribution in [0.3, 0.4) is 0 Å². The highest BCUT2D eigenvalue weighted by Gasteiger charge is 2.66. The molecule has 9 heteroatoms. The Morgan fingerprint density at radius 2 is 2.10 bits per heavy atom. The van der Waals surface area contributed by atoms with Gasteiger partial charge in [0.05, 0.1) is 18.9 Å². The Hall–Kier alpha value is -1.04. The Morgan fingerprint density at radius 3 is 2.71 bits per heavy atom. The van der Waals surface area contributed by atoms with E-state index in [0.29, 0.717) is 32.2 Å². The number of anilines is 1. The number of aliphatic hydroxyl groups is 1. The molecular formula is C22H31FINO5Si. The number of fused-ring (bicyclic) bond motifs is 2. The van der Waals surface area contributed by atoms with Crippen LogP contribution in [-0.4, -0.2) is 51.8 Å². The number of amides is 1. The van der Waals surface area contributed by atoms with Crippen molar-refractivity contribution in [3.8, 4) is 0 Å². The highest BCUT2D eigenvalue weighted by Crippen LogP contribution is 2.60. The number of carbonyl (C=O) groups excluding carboxylic acids is 2. The van der Waals surface area contributed by atoms with Gasteiger partial charge in [0.1, 0.15) is 0 Å². The Balaban J connectivity index is 1.96. The summed E-state index contributed by atoms with van der Waals surface area (Å²) in [5.74, 6) is -0.782. The molecule has 4 atom stereocenters. The topological polar surface area (TPSA) is 76.1 Å². The summed E-state index contributed by atoms with van der Waals surface area (Å²) in [5.41, 5.74) is -0.0566. The molecule has 0 bridgehead atoms. The average Bonchev–Trinajstić information content (AvgIpc) is 3.12. The minimum atomic E-state index is -3.18. The van der Waals surface area contributed by atoms with Crippen LogP contribution in [0.25, 0.3) is 0 Å². The SMILES string of the molecule is COC(=O)CCCCN1C(=O)[C@]2(O[C@H](CCO)[C@@H]([Si](C)(C)F)[C@@H]2C)c2cc(I)ccc21. The fourth-order valence-corrected chi connectivity index (χ4v) is 8.31. The predicted octanol–water partition coefficient (Wildman–Crippen LogP) is 4.14. The van der Waals surface area contributed by atoms with Gasteiger partial charge in [-0.1, -0.05) is 6.92 Å². The molecule has 2 aliphatic rings. The Labute approximate surface area is 197 Å². The average molecular weight is 563 g/mol. The number of aliphatic hydroxyl groups excluding tert-OH is 1. The maximum atomic E-state index is 15.4. The Morgan fingerprint density at radius 1 is 1.39 bits per heavy atom. The lowest BCUT2D eigenvalue weighted by molar-refractivity contribution is -0.146. The van der Waals surface area contributed by atoms with Gasteiger partial charge in [-0.15, -0.1) is 0 Å². The van der Waals surface area contributed by atoms with Crippen LogP contribution in [0, 0.1) is 9.49 Å². The molecule has 172 valence electrons. The molecular weight excluding hydrogens is 532 g/mol. The summed E-state index contributed by atoms with van der Waals surface area (Å²) in [6, 6.07) is 5.83. The number of benzene rings is 1. The number of ether oxygens (including phenoxy) is 2. The lowest BCUT2D eigenvalue weighted by Crippen LogP contribution is -2.45. The molecule has 1 spiro atoms. The third-order valence-electron chi connectivity index (χ3n) is 6.58. The summed E-state index contributed by atoms with van der Waals surface area (Å²) < 4.78 is 27.5. The van der Waals surface area contributed by atoms with E-state index < -0.39 is 25.7 Å². The first-order valence-electron chi connectivity index (χ1n) is 10.7. The highest BCUT2D eigenvalue weighted by molar-refractivity contribution is 14.1. The number of nitrogens with zero attached hydrogens (tertiary/aromatic N) is 1. The highest BCUT2D eigenvalue weighted by atomic mass is 127. The van der Waals surface area contributed by atoms with E-state index in [-0.39, 0.29) is 24.4 Å². The third-order valence-corrected chi connectivity index (χ3v) is 9.70. The van der Waals surface area contributed by atoms with Crippen molar-refractivity contribution in [1.82, 2.24) is 0 Å². The molecule has 0 radical (unpaired) electrons. The van der Waals surface area contributed by atoms with Crippen molar-refractivity contribution < 1.29 is 28.3 Å². The Kier molecular flexibility index (Phi) is 7.49. The van der Waals surface area contributed by atoms with Crippen LogP contribution in [-0.2, 0) is 24.7 Å². The standard InChI is InChI=1S/C22H31FINO5Si/c1-14-20(31(3,4)23)18(10-12-26)30-22(14)16-13-15(24)8-9-17(16)25(21(22)28)11-6-5-7-19(27)29-2/h8-9,13-14,18,20,26H,5-7,10-12H2,1-4H3/t14-,18+,20-,22+/m0/s1. The summed E-state index contributed by atoms with van der Waals surface area (Å²) in [6.45, 7) is 5.56. The number of halogens is 2. The smallest absolute Gasteiger partial charge is 0.305 e. The van der Waals surface area contributed by atoms with Gasteiger partial charge in [-0.3, -0.25) is 9.59 Å². The zero-order valence-electron chi connectivity index (χ0n) is 18.5. The van der Waals surface area contributed by atoms with Crippen LogP contribution in [0.5, 0.6) is 0 Å². The van der Waals surface area contributed by atoms with Gasteiger partial charge in [0.2, 0.25) is 8.41 Å². The van der Waals surface area contributed by atoms with Gasteiger partial charge in [0.25, 0.3) is 5.91 Å². The molecule has 6 nitrogen and oxygen atoms in total. The van der Waals surface area contributed by atoms with Crippen LogP contribution in [0.2, 0.25) is 18.6 Å². The molecule has 1 aromatic rings. The second kappa shape index (κ2) is 9.44. The monoisotopic (exact) mass is 563 g/mol. The second-order valence-electron chi connectivity index (χ2n) is 8.93. The van der Waals surface area contributed by atoms with Crippen molar-refractivity contribution in [1.29, 1.82) is 0 Å². The quantitative estimate of drug-likeness (QED) is 0.169. The molecule has 3 rings (SSSR count). The number of rotatable bonds is 8. The maximum absolute atomic E-state index is 15.4. The lowest BCUT2D eigenvalue weighted by Gasteiger charge is -2.31. The van der Waals surface area contributed by atoms with Crippen molar-refractivity contribution in [3.05, 3.63) is 27.3 Å². The molecule has 0 saturated carbocycles.